The summed E-state index contributed by atoms with van der Waals surface area (Å²) in [5.41, 5.74) is 4.02. The van der Waals surface area contributed by atoms with Gasteiger partial charge in [0.25, 0.3) is 5.69 Å². The average molecular weight is 400 g/mol. The molecule has 6 nitrogen and oxygen atoms in total. The average Bonchev–Trinajstić information content (AvgIpc) is 3.09. The third kappa shape index (κ3) is 3.55. The molecule has 1 aromatic heterocycles. The smallest absolute Gasteiger partial charge is 0.355 e. The van der Waals surface area contributed by atoms with E-state index >= 15 is 0 Å². The predicted octanol–water partition coefficient (Wildman–Crippen LogP) is 5.44. The van der Waals surface area contributed by atoms with E-state index in [1.54, 1.807) is 19.1 Å². The zero-order valence-electron chi connectivity index (χ0n) is 16.4. The van der Waals surface area contributed by atoms with Crippen LogP contribution < -0.4 is 0 Å². The van der Waals surface area contributed by atoms with E-state index < -0.39 is 10.9 Å². The Hall–Kier alpha value is -3.93. The first-order chi connectivity index (χ1) is 14.6. The maximum absolute atomic E-state index is 13.0. The number of hydrogen-bond acceptors (Lipinski definition) is 4. The number of ether oxygens (including phenoxy) is 1. The summed E-state index contributed by atoms with van der Waals surface area (Å²) in [4.78, 5) is 23.6. The molecule has 1 heterocycles. The molecule has 3 aromatic carbocycles. The van der Waals surface area contributed by atoms with E-state index in [0.29, 0.717) is 12.2 Å². The van der Waals surface area contributed by atoms with Gasteiger partial charge in [-0.3, -0.25) is 10.1 Å². The Morgan fingerprint density at radius 2 is 1.63 bits per heavy atom. The third-order valence-corrected chi connectivity index (χ3v) is 4.99. The summed E-state index contributed by atoms with van der Waals surface area (Å²) in [5, 5.41) is 11.9. The van der Waals surface area contributed by atoms with Gasteiger partial charge in [0.1, 0.15) is 5.69 Å². The van der Waals surface area contributed by atoms with Crippen LogP contribution in [0.25, 0.3) is 22.0 Å². The zero-order valence-corrected chi connectivity index (χ0v) is 16.4. The van der Waals surface area contributed by atoms with Crippen LogP contribution in [0.4, 0.5) is 5.69 Å². The summed E-state index contributed by atoms with van der Waals surface area (Å²) < 4.78 is 7.33. The quantitative estimate of drug-likeness (QED) is 0.245. The number of para-hydroxylation sites is 1. The van der Waals surface area contributed by atoms with E-state index in [9.17, 15) is 14.9 Å². The van der Waals surface area contributed by atoms with Crippen molar-refractivity contribution in [2.75, 3.05) is 6.61 Å². The van der Waals surface area contributed by atoms with E-state index in [4.69, 9.17) is 4.74 Å². The number of aromatic nitrogens is 1. The summed E-state index contributed by atoms with van der Waals surface area (Å²) >= 11 is 0. The molecule has 0 fully saturated rings. The number of esters is 1. The largest absolute Gasteiger partial charge is 0.461 e. The molecule has 0 spiro atoms. The predicted molar refractivity (Wildman–Crippen MR) is 116 cm³/mol. The number of fused-ring (bicyclic) bond motifs is 1. The van der Waals surface area contributed by atoms with Gasteiger partial charge in [0.05, 0.1) is 11.5 Å². The molecule has 0 aliphatic heterocycles. The van der Waals surface area contributed by atoms with Crippen molar-refractivity contribution in [1.82, 2.24) is 4.57 Å². The summed E-state index contributed by atoms with van der Waals surface area (Å²) in [7, 11) is 0. The molecule has 30 heavy (non-hydrogen) atoms. The SMILES string of the molecule is CCOC(=O)c1c(-c2ccccc2)c2ccccc2n1Cc1ccc([N+](=O)[O-])cc1. The molecular weight excluding hydrogens is 380 g/mol. The van der Waals surface area contributed by atoms with Crippen molar-refractivity contribution < 1.29 is 14.5 Å². The highest BCUT2D eigenvalue weighted by Crippen LogP contribution is 2.36. The van der Waals surface area contributed by atoms with Crippen molar-refractivity contribution in [1.29, 1.82) is 0 Å². The van der Waals surface area contributed by atoms with Crippen LogP contribution in [-0.4, -0.2) is 22.1 Å². The first-order valence-corrected chi connectivity index (χ1v) is 9.67. The van der Waals surface area contributed by atoms with Gasteiger partial charge >= 0.3 is 5.97 Å². The van der Waals surface area contributed by atoms with Crippen LogP contribution in [0, 0.1) is 10.1 Å². The van der Waals surface area contributed by atoms with Crippen molar-refractivity contribution in [3.63, 3.8) is 0 Å². The standard InChI is InChI=1S/C24H20N2O4/c1-2-30-24(27)23-22(18-8-4-3-5-9-18)20-10-6-7-11-21(20)25(23)16-17-12-14-19(15-13-17)26(28)29/h3-15H,2,16H2,1H3. The lowest BCUT2D eigenvalue weighted by molar-refractivity contribution is -0.384. The first-order valence-electron chi connectivity index (χ1n) is 9.67. The molecule has 150 valence electrons. The second-order valence-electron chi connectivity index (χ2n) is 6.84. The Morgan fingerprint density at radius 3 is 2.30 bits per heavy atom. The molecule has 0 bridgehead atoms. The maximum Gasteiger partial charge on any atom is 0.355 e. The molecule has 4 rings (SSSR count). The lowest BCUT2D eigenvalue weighted by Gasteiger charge is -2.12. The number of rotatable bonds is 6. The molecule has 6 heteroatoms. The highest BCUT2D eigenvalue weighted by atomic mass is 16.6. The number of hydrogen-bond donors (Lipinski definition) is 0. The Morgan fingerprint density at radius 1 is 0.967 bits per heavy atom. The van der Waals surface area contributed by atoms with Crippen molar-refractivity contribution in [3.05, 3.63) is 100 Å². The topological polar surface area (TPSA) is 74.4 Å². The summed E-state index contributed by atoms with van der Waals surface area (Å²) in [5.74, 6) is -0.394. The first kappa shape index (κ1) is 19.4. The minimum atomic E-state index is -0.424. The van der Waals surface area contributed by atoms with Crippen LogP contribution >= 0.6 is 0 Å². The third-order valence-electron chi connectivity index (χ3n) is 4.99. The van der Waals surface area contributed by atoms with Crippen molar-refractivity contribution in [3.8, 4) is 11.1 Å². The maximum atomic E-state index is 13.0. The second kappa shape index (κ2) is 8.21. The molecule has 0 amide bonds. The molecular formula is C24H20N2O4. The van der Waals surface area contributed by atoms with Gasteiger partial charge < -0.3 is 9.30 Å². The van der Waals surface area contributed by atoms with Crippen LogP contribution in [0.3, 0.4) is 0 Å². The number of non-ortho nitro benzene ring substituents is 1. The summed E-state index contributed by atoms with van der Waals surface area (Å²) in [6, 6.07) is 24.0. The Balaban J connectivity index is 1.92. The highest BCUT2D eigenvalue weighted by Gasteiger charge is 2.25. The van der Waals surface area contributed by atoms with Crippen molar-refractivity contribution in [2.45, 2.75) is 13.5 Å². The fraction of sp³-hybridized carbons (Fsp3) is 0.125. The van der Waals surface area contributed by atoms with Crippen LogP contribution in [0.2, 0.25) is 0 Å². The molecule has 0 aliphatic rings. The molecule has 4 aromatic rings. The molecule has 0 N–H and O–H groups in total. The van der Waals surface area contributed by atoms with E-state index in [0.717, 1.165) is 27.6 Å². The molecule has 0 unspecified atom stereocenters. The molecule has 0 radical (unpaired) electrons. The number of carbonyl (C=O) groups is 1. The molecule has 0 saturated heterocycles. The second-order valence-corrected chi connectivity index (χ2v) is 6.84. The lowest BCUT2D eigenvalue weighted by atomic mass is 10.0. The van der Waals surface area contributed by atoms with Crippen LogP contribution in [0.15, 0.2) is 78.9 Å². The van der Waals surface area contributed by atoms with Gasteiger partial charge in [-0.2, -0.15) is 0 Å². The Labute approximate surface area is 173 Å². The number of nitro groups is 1. The van der Waals surface area contributed by atoms with E-state index in [2.05, 4.69) is 0 Å². The number of carbonyl (C=O) groups excluding carboxylic acids is 1. The fourth-order valence-electron chi connectivity index (χ4n) is 3.68. The number of nitro benzene ring substituents is 1. The van der Waals surface area contributed by atoms with E-state index in [1.165, 1.54) is 12.1 Å². The van der Waals surface area contributed by atoms with Gasteiger partial charge in [-0.15, -0.1) is 0 Å². The summed E-state index contributed by atoms with van der Waals surface area (Å²) in [6.45, 7) is 2.44. The highest BCUT2D eigenvalue weighted by molar-refractivity contribution is 6.08. The van der Waals surface area contributed by atoms with Crippen LogP contribution in [0.5, 0.6) is 0 Å². The van der Waals surface area contributed by atoms with Gasteiger partial charge in [0.2, 0.25) is 0 Å². The molecule has 0 atom stereocenters. The van der Waals surface area contributed by atoms with Crippen LogP contribution in [-0.2, 0) is 11.3 Å². The number of benzene rings is 3. The van der Waals surface area contributed by atoms with E-state index in [-0.39, 0.29) is 12.3 Å². The molecule has 0 aliphatic carbocycles. The monoisotopic (exact) mass is 400 g/mol. The fourth-order valence-corrected chi connectivity index (χ4v) is 3.68. The summed E-state index contributed by atoms with van der Waals surface area (Å²) in [6.07, 6.45) is 0. The Kier molecular flexibility index (Phi) is 5.30. The minimum absolute atomic E-state index is 0.0340. The number of nitrogens with zero attached hydrogens (tertiary/aromatic N) is 2. The van der Waals surface area contributed by atoms with Crippen molar-refractivity contribution >= 4 is 22.6 Å². The van der Waals surface area contributed by atoms with Crippen LogP contribution in [0.1, 0.15) is 23.0 Å². The normalized spacial score (nSPS) is 10.8. The Bertz CT molecular complexity index is 1210. The minimum Gasteiger partial charge on any atom is -0.461 e. The van der Waals surface area contributed by atoms with Gasteiger partial charge in [-0.1, -0.05) is 60.7 Å². The van der Waals surface area contributed by atoms with Gasteiger partial charge in [0.15, 0.2) is 0 Å². The van der Waals surface area contributed by atoms with E-state index in [1.807, 2.05) is 59.2 Å². The van der Waals surface area contributed by atoms with Gasteiger partial charge in [0, 0.05) is 35.1 Å². The zero-order chi connectivity index (χ0) is 21.1. The van der Waals surface area contributed by atoms with Gasteiger partial charge in [-0.05, 0) is 24.1 Å². The van der Waals surface area contributed by atoms with Crippen molar-refractivity contribution in [2.24, 2.45) is 0 Å². The molecule has 0 saturated carbocycles. The lowest BCUT2D eigenvalue weighted by Crippen LogP contribution is -2.14. The van der Waals surface area contributed by atoms with Gasteiger partial charge in [-0.25, -0.2) is 4.79 Å².